The molecule has 118 valence electrons. The molecule has 2 heterocycles. The Hall–Kier alpha value is -0.920. The number of piperidine rings is 1. The molecule has 0 aromatic rings. The van der Waals surface area contributed by atoms with Crippen LogP contribution in [-0.4, -0.2) is 66.0 Å². The predicted molar refractivity (Wildman–Crippen MR) is 63.7 cm³/mol. The maximum Gasteiger partial charge on any atom is 1.00 e. The van der Waals surface area contributed by atoms with Gasteiger partial charge in [0.15, 0.2) is 0 Å². The number of hydroxylamine groups is 2. The molecule has 2 rings (SSSR count). The molecule has 4 amide bonds. The van der Waals surface area contributed by atoms with E-state index < -0.39 is 40.3 Å². The quantitative estimate of drug-likeness (QED) is 0.285. The van der Waals surface area contributed by atoms with Crippen molar-refractivity contribution in [1.29, 1.82) is 0 Å². The number of rotatable bonds is 5. The minimum Gasteiger partial charge on any atom is -0.724 e. The molecule has 0 unspecified atom stereocenters. The van der Waals surface area contributed by atoms with Crippen LogP contribution in [0.2, 0.25) is 0 Å². The molecule has 0 radical (unpaired) electrons. The zero-order chi connectivity index (χ0) is 15.8. The van der Waals surface area contributed by atoms with Gasteiger partial charge in [-0.25, -0.2) is 13.2 Å². The molecule has 0 spiro atoms. The Morgan fingerprint density at radius 2 is 2.05 bits per heavy atom. The zero-order valence-electron chi connectivity index (χ0n) is 11.7. The smallest absolute Gasteiger partial charge is 0.724 e. The Morgan fingerprint density at radius 3 is 2.59 bits per heavy atom. The van der Waals surface area contributed by atoms with E-state index in [9.17, 15) is 27.4 Å². The molecular formula is C9H13N4NaO7S. The number of nitrogens with two attached hydrogens (primary N) is 1. The first kappa shape index (κ1) is 19.1. The van der Waals surface area contributed by atoms with E-state index in [-0.39, 0.29) is 55.5 Å². The van der Waals surface area contributed by atoms with Crippen LogP contribution in [0.1, 0.15) is 12.8 Å². The van der Waals surface area contributed by atoms with E-state index in [1.54, 1.807) is 0 Å². The Morgan fingerprint density at radius 1 is 1.41 bits per heavy atom. The minimum absolute atomic E-state index is 0. The number of fused-ring (bicyclic) bond motifs is 2. The van der Waals surface area contributed by atoms with Gasteiger partial charge in [-0.05, 0) is 12.8 Å². The summed E-state index contributed by atoms with van der Waals surface area (Å²) in [5.41, 5.74) is 4.90. The van der Waals surface area contributed by atoms with E-state index in [1.807, 2.05) is 0 Å². The summed E-state index contributed by atoms with van der Waals surface area (Å²) in [6.45, 7) is -0.307. The number of primary amides is 1. The van der Waals surface area contributed by atoms with E-state index in [0.29, 0.717) is 5.06 Å². The average Bonchev–Trinajstić information content (AvgIpc) is 2.60. The summed E-state index contributed by atoms with van der Waals surface area (Å²) in [4.78, 5) is 35.6. The van der Waals surface area contributed by atoms with Crippen LogP contribution >= 0.6 is 0 Å². The number of carbonyl (C=O) groups is 3. The molecule has 2 saturated heterocycles. The van der Waals surface area contributed by atoms with Gasteiger partial charge in [0.05, 0.1) is 12.6 Å². The third kappa shape index (κ3) is 4.30. The van der Waals surface area contributed by atoms with Crippen molar-refractivity contribution in [3.63, 3.8) is 0 Å². The van der Waals surface area contributed by atoms with Crippen LogP contribution in [0, 0.1) is 0 Å². The molecule has 0 aromatic carbocycles. The molecule has 3 N–H and O–H groups in total. The number of nitrogens with zero attached hydrogens (tertiary/aromatic N) is 2. The van der Waals surface area contributed by atoms with Gasteiger partial charge in [0, 0.05) is 6.54 Å². The van der Waals surface area contributed by atoms with E-state index in [1.165, 1.54) is 0 Å². The van der Waals surface area contributed by atoms with Crippen LogP contribution in [0.25, 0.3) is 0 Å². The Bertz CT molecular complexity index is 583. The standard InChI is InChI=1S/C9H14N4O7S.Na/c10-7(14)3-11-8(15)6-2-1-5-4-12(6)9(16)13(5)20-21(17,18)19;/h5-6H,1-4H2,(H2,10,14)(H,11,15)(H,17,18,19);/q;+1/p-1/t5-,6-;/m1./s1. The fourth-order valence-corrected chi connectivity index (χ4v) is 2.78. The van der Waals surface area contributed by atoms with Crippen LogP contribution in [0.4, 0.5) is 4.79 Å². The SMILES string of the molecule is NC(=O)CNC(=O)[C@H]1CC[C@@H]2CN1C(=O)N2OS(=O)(=O)[O-].[Na+]. The Labute approximate surface area is 148 Å². The first-order valence-corrected chi connectivity index (χ1v) is 7.33. The molecule has 2 aliphatic heterocycles. The van der Waals surface area contributed by atoms with Crippen molar-refractivity contribution in [1.82, 2.24) is 15.3 Å². The van der Waals surface area contributed by atoms with Crippen LogP contribution in [0.5, 0.6) is 0 Å². The third-order valence-corrected chi connectivity index (χ3v) is 3.58. The Kier molecular flexibility index (Phi) is 6.18. The zero-order valence-corrected chi connectivity index (χ0v) is 14.5. The molecule has 2 atom stereocenters. The number of hydrogen-bond acceptors (Lipinski definition) is 7. The minimum atomic E-state index is -5.07. The summed E-state index contributed by atoms with van der Waals surface area (Å²) in [5, 5.41) is 2.75. The van der Waals surface area contributed by atoms with Crippen molar-refractivity contribution in [2.75, 3.05) is 13.1 Å². The van der Waals surface area contributed by atoms with E-state index >= 15 is 0 Å². The molecule has 2 bridgehead atoms. The van der Waals surface area contributed by atoms with Gasteiger partial charge >= 0.3 is 35.6 Å². The number of nitrogens with one attached hydrogen (secondary N) is 1. The molecule has 22 heavy (non-hydrogen) atoms. The summed E-state index contributed by atoms with van der Waals surface area (Å²) in [6, 6.07) is -2.35. The molecule has 11 nitrogen and oxygen atoms in total. The largest absolute Gasteiger partial charge is 1.00 e. The molecule has 0 aliphatic carbocycles. The first-order valence-electron chi connectivity index (χ1n) is 6.00. The molecule has 2 fully saturated rings. The van der Waals surface area contributed by atoms with Crippen molar-refractivity contribution >= 4 is 28.2 Å². The van der Waals surface area contributed by atoms with E-state index in [0.717, 1.165) is 4.90 Å². The van der Waals surface area contributed by atoms with Gasteiger partial charge in [0.1, 0.15) is 6.04 Å². The van der Waals surface area contributed by atoms with Crippen molar-refractivity contribution in [2.24, 2.45) is 5.73 Å². The van der Waals surface area contributed by atoms with Gasteiger partial charge in [-0.3, -0.25) is 9.59 Å². The van der Waals surface area contributed by atoms with Crippen LogP contribution < -0.4 is 40.6 Å². The van der Waals surface area contributed by atoms with Crippen LogP contribution in [-0.2, 0) is 24.3 Å². The van der Waals surface area contributed by atoms with Gasteiger partial charge in [-0.1, -0.05) is 0 Å². The Balaban J connectivity index is 0.00000242. The van der Waals surface area contributed by atoms with E-state index in [4.69, 9.17) is 5.73 Å². The first-order chi connectivity index (χ1) is 9.69. The monoisotopic (exact) mass is 344 g/mol. The van der Waals surface area contributed by atoms with Gasteiger partial charge in [-0.2, -0.15) is 9.35 Å². The fraction of sp³-hybridized carbons (Fsp3) is 0.667. The second-order valence-corrected chi connectivity index (χ2v) is 5.64. The third-order valence-electron chi connectivity index (χ3n) is 3.23. The van der Waals surface area contributed by atoms with Crippen molar-refractivity contribution in [3.05, 3.63) is 0 Å². The van der Waals surface area contributed by atoms with Crippen molar-refractivity contribution in [3.8, 4) is 0 Å². The molecule has 2 aliphatic rings. The summed E-state index contributed by atoms with van der Waals surface area (Å²) >= 11 is 0. The molecular weight excluding hydrogens is 331 g/mol. The van der Waals surface area contributed by atoms with Gasteiger partial charge in [0.25, 0.3) is 0 Å². The van der Waals surface area contributed by atoms with Gasteiger partial charge in [-0.15, -0.1) is 0 Å². The van der Waals surface area contributed by atoms with Crippen LogP contribution in [0.15, 0.2) is 0 Å². The predicted octanol–water partition coefficient (Wildman–Crippen LogP) is -5.75. The molecule has 0 aromatic heterocycles. The normalized spacial score (nSPS) is 24.0. The summed E-state index contributed by atoms with van der Waals surface area (Å²) in [5.74, 6) is -1.31. The second-order valence-electron chi connectivity index (χ2n) is 4.67. The number of carbonyl (C=O) groups excluding carboxylic acids is 3. The number of hydrogen-bond donors (Lipinski definition) is 2. The summed E-state index contributed by atoms with van der Waals surface area (Å²) < 4.78 is 35.9. The number of urea groups is 1. The maximum absolute atomic E-state index is 12.0. The van der Waals surface area contributed by atoms with Crippen molar-refractivity contribution in [2.45, 2.75) is 24.9 Å². The summed E-state index contributed by atoms with van der Waals surface area (Å²) in [7, 11) is -5.07. The van der Waals surface area contributed by atoms with Gasteiger partial charge in [0.2, 0.25) is 22.2 Å². The van der Waals surface area contributed by atoms with Crippen molar-refractivity contribution < 1.29 is 61.2 Å². The van der Waals surface area contributed by atoms with E-state index in [2.05, 4.69) is 9.60 Å². The molecule has 13 heteroatoms. The fourth-order valence-electron chi connectivity index (χ4n) is 2.39. The van der Waals surface area contributed by atoms with Crippen LogP contribution in [0.3, 0.4) is 0 Å². The topological polar surface area (TPSA) is 162 Å². The molecule has 0 saturated carbocycles. The number of amides is 4. The maximum atomic E-state index is 12.0. The summed E-state index contributed by atoms with van der Waals surface area (Å²) in [6.07, 6.45) is 0.534. The van der Waals surface area contributed by atoms with Gasteiger partial charge < -0.3 is 20.5 Å². The second kappa shape index (κ2) is 7.10. The average molecular weight is 344 g/mol.